The highest BCUT2D eigenvalue weighted by molar-refractivity contribution is 6.34. The van der Waals surface area contributed by atoms with E-state index in [1.165, 1.54) is 0 Å². The molecule has 0 bridgehead atoms. The largest absolute Gasteiger partial charge is 0.460 e. The van der Waals surface area contributed by atoms with E-state index in [1.807, 2.05) is 0 Å². The highest BCUT2D eigenvalue weighted by Gasteiger charge is 2.18. The smallest absolute Gasteiger partial charge is 0.374 e. The minimum absolute atomic E-state index is 0.107. The lowest BCUT2D eigenvalue weighted by Crippen LogP contribution is -2.19. The second-order valence-corrected chi connectivity index (χ2v) is 3.14. The molecule has 0 aliphatic heterocycles. The summed E-state index contributed by atoms with van der Waals surface area (Å²) >= 11 is 0. The zero-order valence-electron chi connectivity index (χ0n) is 9.99. The van der Waals surface area contributed by atoms with Crippen molar-refractivity contribution in [3.05, 3.63) is 0 Å². The number of rotatable bonds is 8. The molecule has 0 rings (SSSR count). The van der Waals surface area contributed by atoms with Crippen molar-refractivity contribution in [3.63, 3.8) is 0 Å². The zero-order chi connectivity index (χ0) is 13.3. The normalized spacial score (nSPS) is 9.53. The molecule has 0 fully saturated rings. The van der Waals surface area contributed by atoms with Gasteiger partial charge in [-0.1, -0.05) is 0 Å². The minimum Gasteiger partial charge on any atom is -0.460 e. The molecule has 17 heavy (non-hydrogen) atoms. The molecular weight excluding hydrogens is 228 g/mol. The lowest BCUT2D eigenvalue weighted by molar-refractivity contribution is -0.154. The molecule has 96 valence electrons. The van der Waals surface area contributed by atoms with Crippen molar-refractivity contribution >= 4 is 23.5 Å². The molecule has 0 aromatic carbocycles. The number of hydrogen-bond acceptors (Lipinski definition) is 6. The van der Waals surface area contributed by atoms with E-state index in [9.17, 15) is 19.2 Å². The molecular formula is C11H16O6. The molecule has 0 spiro atoms. The maximum absolute atomic E-state index is 11.1. The average Bonchev–Trinajstić information content (AvgIpc) is 2.29. The van der Waals surface area contributed by atoms with Crippen LogP contribution in [0.25, 0.3) is 0 Å². The van der Waals surface area contributed by atoms with E-state index in [2.05, 4.69) is 9.47 Å². The Balaban J connectivity index is 3.84. The summed E-state index contributed by atoms with van der Waals surface area (Å²) in [6, 6.07) is 0. The molecule has 0 aliphatic rings. The molecule has 0 N–H and O–H groups in total. The van der Waals surface area contributed by atoms with Gasteiger partial charge in [-0.2, -0.15) is 0 Å². The molecule has 6 nitrogen and oxygen atoms in total. The summed E-state index contributed by atoms with van der Waals surface area (Å²) in [5, 5.41) is 0. The molecule has 0 atom stereocenters. The summed E-state index contributed by atoms with van der Waals surface area (Å²) in [7, 11) is 0. The first-order valence-electron chi connectivity index (χ1n) is 5.42. The fraction of sp³-hybridized carbons (Fsp3) is 0.636. The van der Waals surface area contributed by atoms with Crippen molar-refractivity contribution in [2.75, 3.05) is 13.2 Å². The first-order valence-corrected chi connectivity index (χ1v) is 5.42. The summed E-state index contributed by atoms with van der Waals surface area (Å²) in [6.07, 6.45) is -0.0801. The zero-order valence-corrected chi connectivity index (χ0v) is 9.99. The van der Waals surface area contributed by atoms with Gasteiger partial charge >= 0.3 is 11.9 Å². The first-order chi connectivity index (χ1) is 8.02. The van der Waals surface area contributed by atoms with Gasteiger partial charge in [0.1, 0.15) is 0 Å². The summed E-state index contributed by atoms with van der Waals surface area (Å²) < 4.78 is 8.96. The monoisotopic (exact) mass is 244 g/mol. The fourth-order valence-corrected chi connectivity index (χ4v) is 1.04. The van der Waals surface area contributed by atoms with Crippen molar-refractivity contribution in [2.45, 2.75) is 33.1 Å². The van der Waals surface area contributed by atoms with E-state index < -0.39 is 23.5 Å². The number of Topliss-reactive ketones (excluding diaryl/α,β-unsaturated/α-hetero) is 2. The van der Waals surface area contributed by atoms with Crippen LogP contribution < -0.4 is 0 Å². The number of ketones is 2. The minimum atomic E-state index is -0.906. The highest BCUT2D eigenvalue weighted by Crippen LogP contribution is 2.00. The van der Waals surface area contributed by atoms with Crippen LogP contribution in [-0.4, -0.2) is 36.7 Å². The van der Waals surface area contributed by atoms with Gasteiger partial charge in [0.05, 0.1) is 13.2 Å². The van der Waals surface area contributed by atoms with Crippen LogP contribution in [0.15, 0.2) is 0 Å². The molecule has 0 amide bonds. The fourth-order valence-electron chi connectivity index (χ4n) is 1.04. The summed E-state index contributed by atoms with van der Waals surface area (Å²) in [5.41, 5.74) is 0. The van der Waals surface area contributed by atoms with Crippen LogP contribution in [0.2, 0.25) is 0 Å². The Kier molecular flexibility index (Phi) is 7.58. The third kappa shape index (κ3) is 6.44. The van der Waals surface area contributed by atoms with Gasteiger partial charge in [-0.3, -0.25) is 9.59 Å². The van der Waals surface area contributed by atoms with Crippen molar-refractivity contribution in [3.8, 4) is 0 Å². The van der Waals surface area contributed by atoms with Gasteiger partial charge in [0, 0.05) is 12.8 Å². The standard InChI is InChI=1S/C11H16O6/c1-3-16-10(14)8(12)6-5-7-9(13)11(15)17-4-2/h3-7H2,1-2H3. The van der Waals surface area contributed by atoms with Gasteiger partial charge in [-0.15, -0.1) is 0 Å². The van der Waals surface area contributed by atoms with Crippen LogP contribution in [0.5, 0.6) is 0 Å². The van der Waals surface area contributed by atoms with Crippen LogP contribution in [0, 0.1) is 0 Å². The summed E-state index contributed by atoms with van der Waals surface area (Å²) in [6.45, 7) is 3.45. The van der Waals surface area contributed by atoms with Crippen molar-refractivity contribution in [2.24, 2.45) is 0 Å². The lowest BCUT2D eigenvalue weighted by Gasteiger charge is -2.01. The van der Waals surface area contributed by atoms with E-state index >= 15 is 0 Å². The molecule has 0 unspecified atom stereocenters. The van der Waals surface area contributed by atoms with E-state index in [0.717, 1.165) is 0 Å². The Labute approximate surface area is 99.3 Å². The van der Waals surface area contributed by atoms with Gasteiger partial charge in [-0.05, 0) is 20.3 Å². The van der Waals surface area contributed by atoms with Crippen LogP contribution in [0.4, 0.5) is 0 Å². The molecule has 0 aromatic heterocycles. The number of esters is 2. The quantitative estimate of drug-likeness (QED) is 0.454. The van der Waals surface area contributed by atoms with E-state index in [4.69, 9.17) is 0 Å². The van der Waals surface area contributed by atoms with Crippen LogP contribution in [-0.2, 0) is 28.7 Å². The molecule has 6 heteroatoms. The second kappa shape index (κ2) is 8.43. The van der Waals surface area contributed by atoms with Gasteiger partial charge in [0.15, 0.2) is 0 Å². The third-order valence-corrected chi connectivity index (χ3v) is 1.81. The van der Waals surface area contributed by atoms with Crippen molar-refractivity contribution < 1.29 is 28.7 Å². The van der Waals surface area contributed by atoms with Crippen LogP contribution in [0.3, 0.4) is 0 Å². The predicted octanol–water partition coefficient (Wildman–Crippen LogP) is 0.421. The number of carbonyl (C=O) groups excluding carboxylic acids is 4. The highest BCUT2D eigenvalue weighted by atomic mass is 16.5. The van der Waals surface area contributed by atoms with Crippen molar-refractivity contribution in [1.82, 2.24) is 0 Å². The van der Waals surface area contributed by atoms with E-state index in [1.54, 1.807) is 13.8 Å². The van der Waals surface area contributed by atoms with Gasteiger partial charge in [-0.25, -0.2) is 9.59 Å². The first kappa shape index (κ1) is 15.3. The molecule has 0 heterocycles. The number of hydrogen-bond donors (Lipinski definition) is 0. The van der Waals surface area contributed by atoms with Crippen molar-refractivity contribution in [1.29, 1.82) is 0 Å². The third-order valence-electron chi connectivity index (χ3n) is 1.81. The maximum Gasteiger partial charge on any atom is 0.374 e. The Morgan fingerprint density at radius 1 is 0.765 bits per heavy atom. The van der Waals surface area contributed by atoms with Crippen LogP contribution in [0.1, 0.15) is 33.1 Å². The average molecular weight is 244 g/mol. The second-order valence-electron chi connectivity index (χ2n) is 3.14. The van der Waals surface area contributed by atoms with Crippen LogP contribution >= 0.6 is 0 Å². The van der Waals surface area contributed by atoms with E-state index in [-0.39, 0.29) is 32.5 Å². The maximum atomic E-state index is 11.1. The molecule has 0 aliphatic carbocycles. The molecule has 0 saturated carbocycles. The van der Waals surface area contributed by atoms with Gasteiger partial charge < -0.3 is 9.47 Å². The van der Waals surface area contributed by atoms with Gasteiger partial charge in [0.2, 0.25) is 11.6 Å². The molecule has 0 aromatic rings. The topological polar surface area (TPSA) is 86.7 Å². The van der Waals surface area contributed by atoms with Gasteiger partial charge in [0.25, 0.3) is 0 Å². The number of carbonyl (C=O) groups is 4. The Morgan fingerprint density at radius 3 is 1.41 bits per heavy atom. The summed E-state index contributed by atoms with van der Waals surface area (Å²) in [5.74, 6) is -3.20. The van der Waals surface area contributed by atoms with E-state index in [0.29, 0.717) is 0 Å². The predicted molar refractivity (Wildman–Crippen MR) is 57.1 cm³/mol. The molecule has 0 radical (unpaired) electrons. The molecule has 0 saturated heterocycles. The SMILES string of the molecule is CCOC(=O)C(=O)CCCC(=O)C(=O)OCC. The lowest BCUT2D eigenvalue weighted by atomic mass is 10.1. The Morgan fingerprint density at radius 2 is 1.12 bits per heavy atom. The number of ether oxygens (including phenoxy) is 2. The summed E-state index contributed by atoms with van der Waals surface area (Å²) in [4.78, 5) is 44.0. The Bertz CT molecular complexity index is 277. The Hall–Kier alpha value is -1.72.